The summed E-state index contributed by atoms with van der Waals surface area (Å²) in [6.45, 7) is 2.95. The summed E-state index contributed by atoms with van der Waals surface area (Å²) in [7, 11) is 1.93. The molecule has 0 bridgehead atoms. The first-order valence-electron chi connectivity index (χ1n) is 4.31. The largest absolute Gasteiger partial charge is 0.316 e. The van der Waals surface area contributed by atoms with E-state index in [0.29, 0.717) is 0 Å². The van der Waals surface area contributed by atoms with Crippen molar-refractivity contribution >= 4 is 17.7 Å². The fourth-order valence-electron chi connectivity index (χ4n) is 1.13. The van der Waals surface area contributed by atoms with Gasteiger partial charge in [-0.1, -0.05) is 29.8 Å². The van der Waals surface area contributed by atoms with Gasteiger partial charge in [0.1, 0.15) is 0 Å². The monoisotopic (exact) mass is 195 g/mol. The topological polar surface area (TPSA) is 12.0 Å². The summed E-state index contributed by atoms with van der Waals surface area (Å²) in [5.74, 6) is 0. The Balaban J connectivity index is 2.77. The minimum absolute atomic E-state index is 0.795. The molecule has 0 amide bonds. The van der Waals surface area contributed by atoms with Crippen LogP contribution in [0.2, 0.25) is 5.02 Å². The fourth-order valence-corrected chi connectivity index (χ4v) is 1.36. The van der Waals surface area contributed by atoms with Crippen molar-refractivity contribution < 1.29 is 0 Å². The molecule has 0 saturated carbocycles. The van der Waals surface area contributed by atoms with Crippen LogP contribution in [0, 0.1) is 6.92 Å². The van der Waals surface area contributed by atoms with E-state index in [0.717, 1.165) is 11.6 Å². The number of hydrogen-bond acceptors (Lipinski definition) is 1. The average Bonchev–Trinajstić information content (AvgIpc) is 2.09. The summed E-state index contributed by atoms with van der Waals surface area (Å²) in [6.07, 6.45) is 4.19. The highest BCUT2D eigenvalue weighted by Crippen LogP contribution is 2.15. The van der Waals surface area contributed by atoms with Gasteiger partial charge in [0.05, 0.1) is 0 Å². The third kappa shape index (κ3) is 3.21. The maximum Gasteiger partial charge on any atom is 0.0409 e. The summed E-state index contributed by atoms with van der Waals surface area (Å²) >= 11 is 5.84. The number of aryl methyl sites for hydroxylation is 1. The summed E-state index contributed by atoms with van der Waals surface area (Å²) in [6, 6.07) is 5.91. The van der Waals surface area contributed by atoms with Crippen molar-refractivity contribution in [2.24, 2.45) is 0 Å². The zero-order valence-electron chi connectivity index (χ0n) is 7.97. The Labute approximate surface area is 84.4 Å². The SMILES string of the molecule is CNC/C=C/c1ccc(Cl)cc1C. The van der Waals surface area contributed by atoms with Crippen LogP contribution in [0.5, 0.6) is 0 Å². The Kier molecular flexibility index (Phi) is 4.00. The lowest BCUT2D eigenvalue weighted by molar-refractivity contribution is 0.922. The number of nitrogens with one attached hydrogen (secondary N) is 1. The highest BCUT2D eigenvalue weighted by Gasteiger charge is 1.93. The summed E-state index contributed by atoms with van der Waals surface area (Å²) in [4.78, 5) is 0. The second-order valence-corrected chi connectivity index (χ2v) is 3.40. The van der Waals surface area contributed by atoms with Gasteiger partial charge in [-0.25, -0.2) is 0 Å². The Morgan fingerprint density at radius 1 is 1.46 bits per heavy atom. The maximum absolute atomic E-state index is 5.84. The van der Waals surface area contributed by atoms with Gasteiger partial charge < -0.3 is 5.32 Å². The molecular formula is C11H14ClN. The van der Waals surface area contributed by atoms with Crippen molar-refractivity contribution in [3.05, 3.63) is 40.4 Å². The average molecular weight is 196 g/mol. The van der Waals surface area contributed by atoms with E-state index in [-0.39, 0.29) is 0 Å². The molecule has 0 aromatic heterocycles. The van der Waals surface area contributed by atoms with Crippen LogP contribution in [0.15, 0.2) is 24.3 Å². The molecule has 13 heavy (non-hydrogen) atoms. The predicted octanol–water partition coefficient (Wildman–Crippen LogP) is 2.88. The van der Waals surface area contributed by atoms with Crippen molar-refractivity contribution in [2.75, 3.05) is 13.6 Å². The molecule has 2 heteroatoms. The van der Waals surface area contributed by atoms with E-state index in [2.05, 4.69) is 24.4 Å². The second-order valence-electron chi connectivity index (χ2n) is 2.96. The van der Waals surface area contributed by atoms with Gasteiger partial charge in [-0.3, -0.25) is 0 Å². The Bertz CT molecular complexity index is 305. The predicted molar refractivity (Wildman–Crippen MR) is 59.1 cm³/mol. The number of likely N-dealkylation sites (N-methyl/N-ethyl adjacent to an activating group) is 1. The Morgan fingerprint density at radius 3 is 2.85 bits per heavy atom. The lowest BCUT2D eigenvalue weighted by Crippen LogP contribution is -2.03. The first-order valence-corrected chi connectivity index (χ1v) is 4.69. The minimum atomic E-state index is 0.795. The van der Waals surface area contributed by atoms with Crippen LogP contribution >= 0.6 is 11.6 Å². The first-order chi connectivity index (χ1) is 6.24. The molecule has 0 saturated heterocycles. The third-order valence-electron chi connectivity index (χ3n) is 1.85. The summed E-state index contributed by atoms with van der Waals surface area (Å²) < 4.78 is 0. The Hall–Kier alpha value is -0.790. The molecule has 0 radical (unpaired) electrons. The van der Waals surface area contributed by atoms with Crippen molar-refractivity contribution in [2.45, 2.75) is 6.92 Å². The molecule has 0 heterocycles. The minimum Gasteiger partial charge on any atom is -0.316 e. The molecule has 0 aliphatic heterocycles. The molecular weight excluding hydrogens is 182 g/mol. The lowest BCUT2D eigenvalue weighted by atomic mass is 10.1. The van der Waals surface area contributed by atoms with Gasteiger partial charge >= 0.3 is 0 Å². The van der Waals surface area contributed by atoms with Crippen molar-refractivity contribution in [3.63, 3.8) is 0 Å². The van der Waals surface area contributed by atoms with Gasteiger partial charge in [0.2, 0.25) is 0 Å². The quantitative estimate of drug-likeness (QED) is 0.782. The van der Waals surface area contributed by atoms with Crippen LogP contribution in [-0.2, 0) is 0 Å². The van der Waals surface area contributed by atoms with E-state index < -0.39 is 0 Å². The van der Waals surface area contributed by atoms with E-state index in [1.165, 1.54) is 11.1 Å². The highest BCUT2D eigenvalue weighted by molar-refractivity contribution is 6.30. The van der Waals surface area contributed by atoms with E-state index in [4.69, 9.17) is 11.6 Å². The molecule has 0 aliphatic carbocycles. The fraction of sp³-hybridized carbons (Fsp3) is 0.273. The molecule has 0 atom stereocenters. The number of rotatable bonds is 3. The van der Waals surface area contributed by atoms with Crippen molar-refractivity contribution in [3.8, 4) is 0 Å². The second kappa shape index (κ2) is 5.05. The number of halogens is 1. The van der Waals surface area contributed by atoms with Crippen LogP contribution in [0.4, 0.5) is 0 Å². The zero-order valence-corrected chi connectivity index (χ0v) is 8.73. The molecule has 70 valence electrons. The van der Waals surface area contributed by atoms with E-state index >= 15 is 0 Å². The first kappa shape index (κ1) is 10.3. The third-order valence-corrected chi connectivity index (χ3v) is 2.09. The smallest absolute Gasteiger partial charge is 0.0409 e. The normalized spacial score (nSPS) is 11.0. The molecule has 1 nitrogen and oxygen atoms in total. The molecule has 1 aromatic carbocycles. The highest BCUT2D eigenvalue weighted by atomic mass is 35.5. The van der Waals surface area contributed by atoms with Crippen molar-refractivity contribution in [1.29, 1.82) is 0 Å². The van der Waals surface area contributed by atoms with Crippen LogP contribution < -0.4 is 5.32 Å². The molecule has 0 fully saturated rings. The van der Waals surface area contributed by atoms with E-state index in [1.54, 1.807) is 0 Å². The van der Waals surface area contributed by atoms with Gasteiger partial charge in [0, 0.05) is 11.6 Å². The van der Waals surface area contributed by atoms with Crippen LogP contribution in [0.25, 0.3) is 6.08 Å². The zero-order chi connectivity index (χ0) is 9.68. The lowest BCUT2D eigenvalue weighted by Gasteiger charge is -2.00. The molecule has 0 aliphatic rings. The molecule has 1 rings (SSSR count). The Morgan fingerprint density at radius 2 is 2.23 bits per heavy atom. The molecule has 0 spiro atoms. The standard InChI is InChI=1S/C11H14ClN/c1-9-8-11(12)6-5-10(9)4-3-7-13-2/h3-6,8,13H,7H2,1-2H3/b4-3+. The van der Waals surface area contributed by atoms with Gasteiger partial charge in [-0.15, -0.1) is 0 Å². The van der Waals surface area contributed by atoms with Crippen LogP contribution in [-0.4, -0.2) is 13.6 Å². The molecule has 1 N–H and O–H groups in total. The molecule has 0 unspecified atom stereocenters. The van der Waals surface area contributed by atoms with Crippen molar-refractivity contribution in [1.82, 2.24) is 5.32 Å². The van der Waals surface area contributed by atoms with Gasteiger partial charge in [-0.05, 0) is 37.2 Å². The summed E-state index contributed by atoms with van der Waals surface area (Å²) in [5.41, 5.74) is 2.43. The number of benzene rings is 1. The van der Waals surface area contributed by atoms with Gasteiger partial charge in [0.25, 0.3) is 0 Å². The van der Waals surface area contributed by atoms with E-state index in [9.17, 15) is 0 Å². The molecule has 1 aromatic rings. The summed E-state index contributed by atoms with van der Waals surface area (Å²) in [5, 5.41) is 3.85. The van der Waals surface area contributed by atoms with Gasteiger partial charge in [0.15, 0.2) is 0 Å². The van der Waals surface area contributed by atoms with Crippen LogP contribution in [0.1, 0.15) is 11.1 Å². The number of hydrogen-bond donors (Lipinski definition) is 1. The van der Waals surface area contributed by atoms with E-state index in [1.807, 2.05) is 25.2 Å². The van der Waals surface area contributed by atoms with Gasteiger partial charge in [-0.2, -0.15) is 0 Å². The van der Waals surface area contributed by atoms with Crippen LogP contribution in [0.3, 0.4) is 0 Å². The maximum atomic E-state index is 5.84.